The summed E-state index contributed by atoms with van der Waals surface area (Å²) in [5.74, 6) is 1.56. The van der Waals surface area contributed by atoms with Crippen molar-refractivity contribution in [1.29, 1.82) is 0 Å². The molecule has 1 saturated carbocycles. The number of nitrogens with zero attached hydrogens (tertiary/aromatic N) is 2. The molecule has 0 aromatic carbocycles. The maximum atomic E-state index is 9.20. The van der Waals surface area contributed by atoms with Crippen LogP contribution in [0.1, 0.15) is 31.3 Å². The molecule has 1 aliphatic carbocycles. The van der Waals surface area contributed by atoms with Crippen LogP contribution in [-0.4, -0.2) is 21.7 Å². The van der Waals surface area contributed by atoms with E-state index in [9.17, 15) is 5.11 Å². The van der Waals surface area contributed by atoms with Crippen molar-refractivity contribution in [3.8, 4) is 0 Å². The van der Waals surface area contributed by atoms with Crippen LogP contribution < -0.4 is 0 Å². The topological polar surface area (TPSA) is 46.0 Å². The fraction of sp³-hybridized carbons (Fsp3) is 0.636. The van der Waals surface area contributed by atoms with Gasteiger partial charge in [-0.3, -0.25) is 0 Å². The molecule has 3 nitrogen and oxygen atoms in total. The maximum Gasteiger partial charge on any atom is 0.125 e. The third-order valence-corrected chi connectivity index (χ3v) is 3.36. The van der Waals surface area contributed by atoms with Crippen molar-refractivity contribution in [3.05, 3.63) is 23.8 Å². The Morgan fingerprint density at radius 3 is 2.71 bits per heavy atom. The van der Waals surface area contributed by atoms with Gasteiger partial charge in [0.15, 0.2) is 0 Å². The lowest BCUT2D eigenvalue weighted by atomic mass is 10.1. The highest BCUT2D eigenvalue weighted by Crippen LogP contribution is 2.63. The van der Waals surface area contributed by atoms with Crippen LogP contribution in [-0.2, 0) is 0 Å². The Morgan fingerprint density at radius 2 is 2.21 bits per heavy atom. The van der Waals surface area contributed by atoms with E-state index in [0.717, 1.165) is 11.5 Å². The summed E-state index contributed by atoms with van der Waals surface area (Å²) in [6.45, 7) is 6.50. The van der Waals surface area contributed by atoms with Gasteiger partial charge in [-0.2, -0.15) is 0 Å². The number of aryl methyl sites for hydroxylation is 1. The first-order valence-electron chi connectivity index (χ1n) is 4.97. The number of aliphatic hydroxyl groups is 1. The third kappa shape index (κ3) is 1.32. The first-order chi connectivity index (χ1) is 6.57. The van der Waals surface area contributed by atoms with Gasteiger partial charge in [-0.1, -0.05) is 13.8 Å². The smallest absolute Gasteiger partial charge is 0.125 e. The Morgan fingerprint density at radius 1 is 1.50 bits per heavy atom. The van der Waals surface area contributed by atoms with Crippen LogP contribution in [0.25, 0.3) is 0 Å². The number of hydrogen-bond acceptors (Lipinski definition) is 3. The monoisotopic (exact) mass is 192 g/mol. The quantitative estimate of drug-likeness (QED) is 0.772. The standard InChI is InChI=1S/C11H16N2O/c1-7-12-5-4-9(13-7)10-8(6-14)11(10,2)3/h4-5,8,10,14H,6H2,1-3H3. The van der Waals surface area contributed by atoms with Gasteiger partial charge in [0.05, 0.1) is 0 Å². The molecule has 0 saturated heterocycles. The predicted octanol–water partition coefficient (Wildman–Crippen LogP) is 1.52. The zero-order valence-corrected chi connectivity index (χ0v) is 8.86. The van der Waals surface area contributed by atoms with Gasteiger partial charge in [-0.25, -0.2) is 9.97 Å². The summed E-state index contributed by atoms with van der Waals surface area (Å²) in [6.07, 6.45) is 1.79. The largest absolute Gasteiger partial charge is 0.396 e. The van der Waals surface area contributed by atoms with E-state index in [1.165, 1.54) is 0 Å². The summed E-state index contributed by atoms with van der Waals surface area (Å²) in [5.41, 5.74) is 1.26. The first-order valence-corrected chi connectivity index (χ1v) is 4.97. The molecule has 1 fully saturated rings. The molecule has 0 radical (unpaired) electrons. The summed E-state index contributed by atoms with van der Waals surface area (Å²) in [5, 5.41) is 9.20. The summed E-state index contributed by atoms with van der Waals surface area (Å²) >= 11 is 0. The SMILES string of the molecule is Cc1nccc(C2C(CO)C2(C)C)n1. The van der Waals surface area contributed by atoms with Crippen molar-refractivity contribution in [3.63, 3.8) is 0 Å². The Kier molecular flexibility index (Phi) is 2.07. The molecule has 0 amide bonds. The van der Waals surface area contributed by atoms with Crippen LogP contribution in [0.5, 0.6) is 0 Å². The van der Waals surface area contributed by atoms with Gasteiger partial charge in [0.25, 0.3) is 0 Å². The second-order valence-corrected chi connectivity index (χ2v) is 4.62. The van der Waals surface area contributed by atoms with Crippen molar-refractivity contribution >= 4 is 0 Å². The molecule has 2 rings (SSSR count). The fourth-order valence-electron chi connectivity index (χ4n) is 2.32. The molecule has 1 aromatic rings. The highest BCUT2D eigenvalue weighted by Gasteiger charge is 2.58. The highest BCUT2D eigenvalue weighted by atomic mass is 16.3. The van der Waals surface area contributed by atoms with E-state index in [0.29, 0.717) is 11.8 Å². The zero-order valence-electron chi connectivity index (χ0n) is 8.86. The molecule has 3 heteroatoms. The van der Waals surface area contributed by atoms with Crippen LogP contribution >= 0.6 is 0 Å². The normalized spacial score (nSPS) is 28.9. The lowest BCUT2D eigenvalue weighted by Crippen LogP contribution is -1.96. The minimum Gasteiger partial charge on any atom is -0.396 e. The minimum absolute atomic E-state index is 0.190. The van der Waals surface area contributed by atoms with Crippen molar-refractivity contribution in [1.82, 2.24) is 9.97 Å². The number of hydrogen-bond donors (Lipinski definition) is 1. The third-order valence-electron chi connectivity index (χ3n) is 3.36. The minimum atomic E-state index is 0.190. The van der Waals surface area contributed by atoms with Crippen LogP contribution in [0.15, 0.2) is 12.3 Å². The number of rotatable bonds is 2. The molecule has 0 spiro atoms. The van der Waals surface area contributed by atoms with E-state index >= 15 is 0 Å². The Hall–Kier alpha value is -0.960. The predicted molar refractivity (Wildman–Crippen MR) is 53.9 cm³/mol. The molecule has 14 heavy (non-hydrogen) atoms. The van der Waals surface area contributed by atoms with Gasteiger partial charge in [-0.15, -0.1) is 0 Å². The molecule has 2 atom stereocenters. The summed E-state index contributed by atoms with van der Waals surface area (Å²) in [6, 6.07) is 1.95. The summed E-state index contributed by atoms with van der Waals surface area (Å²) in [7, 11) is 0. The second-order valence-electron chi connectivity index (χ2n) is 4.62. The van der Waals surface area contributed by atoms with Crippen molar-refractivity contribution in [2.24, 2.45) is 11.3 Å². The molecular formula is C11H16N2O. The molecule has 0 bridgehead atoms. The van der Waals surface area contributed by atoms with E-state index in [2.05, 4.69) is 23.8 Å². The van der Waals surface area contributed by atoms with E-state index in [4.69, 9.17) is 0 Å². The van der Waals surface area contributed by atoms with Gasteiger partial charge in [0.2, 0.25) is 0 Å². The maximum absolute atomic E-state index is 9.20. The van der Waals surface area contributed by atoms with Gasteiger partial charge < -0.3 is 5.11 Å². The van der Waals surface area contributed by atoms with Crippen LogP contribution in [0.2, 0.25) is 0 Å². The van der Waals surface area contributed by atoms with Crippen molar-refractivity contribution < 1.29 is 5.11 Å². The van der Waals surface area contributed by atoms with Gasteiger partial charge in [0.1, 0.15) is 5.82 Å². The average Bonchev–Trinajstić information content (AvgIpc) is 2.68. The highest BCUT2D eigenvalue weighted by molar-refractivity contribution is 5.25. The van der Waals surface area contributed by atoms with Crippen LogP contribution in [0, 0.1) is 18.3 Å². The molecule has 1 heterocycles. The number of aliphatic hydroxyl groups excluding tert-OH is 1. The number of aromatic nitrogens is 2. The second kappa shape index (κ2) is 3.02. The van der Waals surface area contributed by atoms with Crippen LogP contribution in [0.3, 0.4) is 0 Å². The fourth-order valence-corrected chi connectivity index (χ4v) is 2.32. The van der Waals surface area contributed by atoms with Crippen LogP contribution in [0.4, 0.5) is 0 Å². The molecule has 2 unspecified atom stereocenters. The molecule has 76 valence electrons. The lowest BCUT2D eigenvalue weighted by Gasteiger charge is -2.02. The zero-order chi connectivity index (χ0) is 10.3. The van der Waals surface area contributed by atoms with Gasteiger partial charge in [0, 0.05) is 24.4 Å². The lowest BCUT2D eigenvalue weighted by molar-refractivity contribution is 0.256. The average molecular weight is 192 g/mol. The first kappa shape index (κ1) is 9.59. The van der Waals surface area contributed by atoms with E-state index in [1.54, 1.807) is 6.20 Å². The molecular weight excluding hydrogens is 176 g/mol. The Balaban J connectivity index is 2.26. The Labute approximate surface area is 84.2 Å². The van der Waals surface area contributed by atoms with E-state index in [1.807, 2.05) is 13.0 Å². The van der Waals surface area contributed by atoms with Crippen molar-refractivity contribution in [2.45, 2.75) is 26.7 Å². The van der Waals surface area contributed by atoms with E-state index < -0.39 is 0 Å². The van der Waals surface area contributed by atoms with Crippen molar-refractivity contribution in [2.75, 3.05) is 6.61 Å². The Bertz CT molecular complexity index is 349. The molecule has 1 N–H and O–H groups in total. The van der Waals surface area contributed by atoms with Gasteiger partial charge in [-0.05, 0) is 24.3 Å². The molecule has 1 aliphatic rings. The van der Waals surface area contributed by atoms with E-state index in [-0.39, 0.29) is 12.0 Å². The molecule has 0 aliphatic heterocycles. The molecule has 1 aromatic heterocycles. The summed E-state index contributed by atoms with van der Waals surface area (Å²) in [4.78, 5) is 8.48. The van der Waals surface area contributed by atoms with Gasteiger partial charge >= 0.3 is 0 Å². The summed E-state index contributed by atoms with van der Waals surface area (Å²) < 4.78 is 0.